The van der Waals surface area contributed by atoms with Gasteiger partial charge in [0.05, 0.1) is 13.2 Å². The third-order valence-corrected chi connectivity index (χ3v) is 4.22. The number of morpholine rings is 1. The van der Waals surface area contributed by atoms with E-state index in [2.05, 4.69) is 24.2 Å². The van der Waals surface area contributed by atoms with Crippen LogP contribution in [0.15, 0.2) is 0 Å². The molecule has 3 heteroatoms. The molecule has 94 valence electrons. The van der Waals surface area contributed by atoms with Crippen LogP contribution >= 0.6 is 0 Å². The first-order chi connectivity index (χ1) is 7.77. The van der Waals surface area contributed by atoms with Crippen molar-refractivity contribution in [2.75, 3.05) is 26.8 Å². The number of nitrogens with zero attached hydrogens (tertiary/aromatic N) is 1. The molecule has 2 atom stereocenters. The van der Waals surface area contributed by atoms with E-state index in [4.69, 9.17) is 4.74 Å². The topological polar surface area (TPSA) is 24.5 Å². The van der Waals surface area contributed by atoms with Crippen molar-refractivity contribution in [3.63, 3.8) is 0 Å². The second-order valence-electron chi connectivity index (χ2n) is 5.41. The molecule has 1 aliphatic carbocycles. The SMILES string of the molecule is CC(CC1COCCN1)N(C)C1CCCC1. The van der Waals surface area contributed by atoms with Crippen molar-refractivity contribution in [1.82, 2.24) is 10.2 Å². The molecule has 1 aliphatic heterocycles. The number of hydrogen-bond acceptors (Lipinski definition) is 3. The summed E-state index contributed by atoms with van der Waals surface area (Å²) in [7, 11) is 2.30. The third-order valence-electron chi connectivity index (χ3n) is 4.22. The Morgan fingerprint density at radius 1 is 1.38 bits per heavy atom. The molecule has 2 rings (SSSR count). The molecular formula is C13H26N2O. The van der Waals surface area contributed by atoms with Crippen molar-refractivity contribution < 1.29 is 4.74 Å². The molecule has 0 aromatic heterocycles. The number of rotatable bonds is 4. The van der Waals surface area contributed by atoms with Gasteiger partial charge in [-0.1, -0.05) is 12.8 Å². The van der Waals surface area contributed by atoms with Crippen molar-refractivity contribution in [3.8, 4) is 0 Å². The molecule has 0 aromatic rings. The Bertz CT molecular complexity index is 198. The van der Waals surface area contributed by atoms with Gasteiger partial charge in [0.15, 0.2) is 0 Å². The van der Waals surface area contributed by atoms with Gasteiger partial charge in [0.1, 0.15) is 0 Å². The molecule has 3 nitrogen and oxygen atoms in total. The quantitative estimate of drug-likeness (QED) is 0.788. The first-order valence-electron chi connectivity index (χ1n) is 6.80. The fourth-order valence-electron chi connectivity index (χ4n) is 3.02. The highest BCUT2D eigenvalue weighted by molar-refractivity contribution is 4.82. The van der Waals surface area contributed by atoms with Crippen LogP contribution in [-0.4, -0.2) is 49.8 Å². The summed E-state index contributed by atoms with van der Waals surface area (Å²) < 4.78 is 5.51. The van der Waals surface area contributed by atoms with E-state index < -0.39 is 0 Å². The van der Waals surface area contributed by atoms with Crippen LogP contribution in [0, 0.1) is 0 Å². The van der Waals surface area contributed by atoms with E-state index in [1.807, 2.05) is 0 Å². The largest absolute Gasteiger partial charge is 0.379 e. The van der Waals surface area contributed by atoms with Crippen LogP contribution < -0.4 is 5.32 Å². The van der Waals surface area contributed by atoms with Crippen LogP contribution in [0.5, 0.6) is 0 Å². The Hall–Kier alpha value is -0.120. The van der Waals surface area contributed by atoms with E-state index in [1.165, 1.54) is 32.1 Å². The lowest BCUT2D eigenvalue weighted by atomic mass is 10.0. The van der Waals surface area contributed by atoms with Gasteiger partial charge in [0.25, 0.3) is 0 Å². The summed E-state index contributed by atoms with van der Waals surface area (Å²) >= 11 is 0. The number of hydrogen-bond donors (Lipinski definition) is 1. The molecule has 1 saturated heterocycles. The molecule has 0 spiro atoms. The second kappa shape index (κ2) is 5.99. The molecule has 16 heavy (non-hydrogen) atoms. The Morgan fingerprint density at radius 3 is 2.75 bits per heavy atom. The molecule has 1 saturated carbocycles. The Labute approximate surface area is 99.5 Å². The molecule has 0 radical (unpaired) electrons. The van der Waals surface area contributed by atoms with Crippen LogP contribution in [0.4, 0.5) is 0 Å². The van der Waals surface area contributed by atoms with Gasteiger partial charge in [-0.25, -0.2) is 0 Å². The summed E-state index contributed by atoms with van der Waals surface area (Å²) in [6, 6.07) is 2.06. The Morgan fingerprint density at radius 2 is 2.12 bits per heavy atom. The van der Waals surface area contributed by atoms with E-state index in [0.717, 1.165) is 25.8 Å². The summed E-state index contributed by atoms with van der Waals surface area (Å²) in [5.74, 6) is 0. The fourth-order valence-corrected chi connectivity index (χ4v) is 3.02. The van der Waals surface area contributed by atoms with Gasteiger partial charge in [-0.2, -0.15) is 0 Å². The maximum Gasteiger partial charge on any atom is 0.0620 e. The molecule has 2 fully saturated rings. The van der Waals surface area contributed by atoms with E-state index in [0.29, 0.717) is 12.1 Å². The summed E-state index contributed by atoms with van der Waals surface area (Å²) in [5, 5.41) is 3.54. The lowest BCUT2D eigenvalue weighted by molar-refractivity contribution is 0.0602. The smallest absolute Gasteiger partial charge is 0.0620 e. The lowest BCUT2D eigenvalue weighted by Gasteiger charge is -2.34. The van der Waals surface area contributed by atoms with Crippen LogP contribution in [0.25, 0.3) is 0 Å². The molecule has 1 N–H and O–H groups in total. The maximum atomic E-state index is 5.51. The van der Waals surface area contributed by atoms with Crippen LogP contribution in [0.1, 0.15) is 39.0 Å². The molecule has 1 heterocycles. The molecule has 0 aromatic carbocycles. The molecule has 2 unspecified atom stereocenters. The molecule has 0 amide bonds. The van der Waals surface area contributed by atoms with Crippen molar-refractivity contribution in [1.29, 1.82) is 0 Å². The highest BCUT2D eigenvalue weighted by Crippen LogP contribution is 2.24. The van der Waals surface area contributed by atoms with Gasteiger partial charge in [-0.3, -0.25) is 0 Å². The molecular weight excluding hydrogens is 200 g/mol. The van der Waals surface area contributed by atoms with Crippen molar-refractivity contribution >= 4 is 0 Å². The van der Waals surface area contributed by atoms with Crippen LogP contribution in [0.2, 0.25) is 0 Å². The average Bonchev–Trinajstić information content (AvgIpc) is 2.83. The van der Waals surface area contributed by atoms with Gasteiger partial charge in [0, 0.05) is 24.7 Å². The van der Waals surface area contributed by atoms with Gasteiger partial charge >= 0.3 is 0 Å². The average molecular weight is 226 g/mol. The second-order valence-corrected chi connectivity index (χ2v) is 5.41. The predicted octanol–water partition coefficient (Wildman–Crippen LogP) is 1.63. The first kappa shape index (κ1) is 12.3. The van der Waals surface area contributed by atoms with Gasteiger partial charge < -0.3 is 15.0 Å². The summed E-state index contributed by atoms with van der Waals surface area (Å²) in [6.45, 7) is 5.14. The van der Waals surface area contributed by atoms with Gasteiger partial charge in [-0.05, 0) is 33.2 Å². The van der Waals surface area contributed by atoms with Crippen LogP contribution in [-0.2, 0) is 4.74 Å². The van der Waals surface area contributed by atoms with E-state index in [-0.39, 0.29) is 0 Å². The number of nitrogens with one attached hydrogen (secondary N) is 1. The third kappa shape index (κ3) is 3.19. The van der Waals surface area contributed by atoms with Crippen LogP contribution in [0.3, 0.4) is 0 Å². The summed E-state index contributed by atoms with van der Waals surface area (Å²) in [5.41, 5.74) is 0. The lowest BCUT2D eigenvalue weighted by Crippen LogP contribution is -2.46. The minimum absolute atomic E-state index is 0.563. The highest BCUT2D eigenvalue weighted by Gasteiger charge is 2.25. The molecule has 2 aliphatic rings. The predicted molar refractivity (Wildman–Crippen MR) is 66.7 cm³/mol. The summed E-state index contributed by atoms with van der Waals surface area (Å²) in [4.78, 5) is 2.59. The fraction of sp³-hybridized carbons (Fsp3) is 1.00. The standard InChI is InChI=1S/C13H26N2O/c1-11(9-12-10-16-8-7-14-12)15(2)13-5-3-4-6-13/h11-14H,3-10H2,1-2H3. The minimum atomic E-state index is 0.563. The van der Waals surface area contributed by atoms with E-state index >= 15 is 0 Å². The Kier molecular flexibility index (Phi) is 4.62. The zero-order chi connectivity index (χ0) is 11.4. The van der Waals surface area contributed by atoms with Crippen molar-refractivity contribution in [3.05, 3.63) is 0 Å². The minimum Gasteiger partial charge on any atom is -0.379 e. The zero-order valence-corrected chi connectivity index (χ0v) is 10.7. The van der Waals surface area contributed by atoms with Crippen molar-refractivity contribution in [2.45, 2.75) is 57.2 Å². The molecule has 0 bridgehead atoms. The Balaban J connectivity index is 1.74. The van der Waals surface area contributed by atoms with Crippen molar-refractivity contribution in [2.24, 2.45) is 0 Å². The van der Waals surface area contributed by atoms with Gasteiger partial charge in [0.2, 0.25) is 0 Å². The first-order valence-corrected chi connectivity index (χ1v) is 6.80. The van der Waals surface area contributed by atoms with E-state index in [9.17, 15) is 0 Å². The summed E-state index contributed by atoms with van der Waals surface area (Å²) in [6.07, 6.45) is 6.86. The number of ether oxygens (including phenoxy) is 1. The zero-order valence-electron chi connectivity index (χ0n) is 10.7. The van der Waals surface area contributed by atoms with Gasteiger partial charge in [-0.15, -0.1) is 0 Å². The highest BCUT2D eigenvalue weighted by atomic mass is 16.5. The van der Waals surface area contributed by atoms with E-state index in [1.54, 1.807) is 0 Å². The normalized spacial score (nSPS) is 29.8. The maximum absolute atomic E-state index is 5.51. The monoisotopic (exact) mass is 226 g/mol.